The standard InChI is InChI=1S/C18H17ClN2OS/c1-18(2)7-13-16(14(22)8-18)15(12(9-20)17(23)21-13)10-3-5-11(19)6-4-10/h3-6,15,21,23H,7-8H2,1-2H3. The monoisotopic (exact) mass is 344 g/mol. The van der Waals surface area contributed by atoms with Gasteiger partial charge in [-0.3, -0.25) is 4.79 Å². The molecule has 118 valence electrons. The number of rotatable bonds is 1. The van der Waals surface area contributed by atoms with Crippen molar-refractivity contribution >= 4 is 30.0 Å². The Bertz CT molecular complexity index is 784. The third-order valence-corrected chi connectivity index (χ3v) is 4.95. The highest BCUT2D eigenvalue weighted by Gasteiger charge is 2.41. The van der Waals surface area contributed by atoms with Gasteiger partial charge in [0.25, 0.3) is 0 Å². The Morgan fingerprint density at radius 2 is 1.96 bits per heavy atom. The third kappa shape index (κ3) is 2.91. The molecular formula is C18H17ClN2OS. The van der Waals surface area contributed by atoms with Crippen LogP contribution in [0.4, 0.5) is 0 Å². The molecule has 0 fully saturated rings. The number of Topliss-reactive ketones (excluding diaryl/α,β-unsaturated/α-hetero) is 1. The van der Waals surface area contributed by atoms with E-state index >= 15 is 0 Å². The molecule has 0 aromatic heterocycles. The number of ketones is 1. The zero-order valence-corrected chi connectivity index (χ0v) is 14.6. The molecule has 1 aromatic rings. The zero-order chi connectivity index (χ0) is 16.8. The van der Waals surface area contributed by atoms with Gasteiger partial charge in [-0.15, -0.1) is 12.6 Å². The van der Waals surface area contributed by atoms with Gasteiger partial charge in [-0.05, 0) is 29.5 Å². The molecule has 0 spiro atoms. The molecule has 1 atom stereocenters. The van der Waals surface area contributed by atoms with Crippen molar-refractivity contribution in [3.63, 3.8) is 0 Å². The molecule has 1 aliphatic carbocycles. The summed E-state index contributed by atoms with van der Waals surface area (Å²) in [5.41, 5.74) is 2.85. The number of benzene rings is 1. The zero-order valence-electron chi connectivity index (χ0n) is 13.0. The quantitative estimate of drug-likeness (QED) is 0.745. The number of nitrogens with zero attached hydrogens (tertiary/aromatic N) is 1. The highest BCUT2D eigenvalue weighted by atomic mass is 35.5. The van der Waals surface area contributed by atoms with Crippen LogP contribution in [0.15, 0.2) is 46.1 Å². The van der Waals surface area contributed by atoms with Gasteiger partial charge in [0.1, 0.15) is 0 Å². The molecule has 0 saturated carbocycles. The molecule has 1 aliphatic heterocycles. The van der Waals surface area contributed by atoms with E-state index in [9.17, 15) is 10.1 Å². The second-order valence-corrected chi connectivity index (χ2v) is 7.70. The number of carbonyl (C=O) groups is 1. The summed E-state index contributed by atoms with van der Waals surface area (Å²) < 4.78 is 0. The number of halogens is 1. The average Bonchev–Trinajstić information content (AvgIpc) is 2.45. The van der Waals surface area contributed by atoms with Crippen LogP contribution in [0.5, 0.6) is 0 Å². The fourth-order valence-electron chi connectivity index (χ4n) is 3.38. The number of hydrogen-bond donors (Lipinski definition) is 2. The molecule has 1 aromatic carbocycles. The number of nitriles is 1. The van der Waals surface area contributed by atoms with Gasteiger partial charge in [0.2, 0.25) is 0 Å². The van der Waals surface area contributed by atoms with E-state index in [0.29, 0.717) is 27.6 Å². The number of hydrogen-bond acceptors (Lipinski definition) is 4. The predicted molar refractivity (Wildman–Crippen MR) is 94.0 cm³/mol. The van der Waals surface area contributed by atoms with E-state index in [1.165, 1.54) is 0 Å². The molecule has 3 nitrogen and oxygen atoms in total. The minimum absolute atomic E-state index is 0.0916. The van der Waals surface area contributed by atoms with Crippen molar-refractivity contribution in [3.8, 4) is 6.07 Å². The van der Waals surface area contributed by atoms with Gasteiger partial charge in [-0.1, -0.05) is 37.6 Å². The van der Waals surface area contributed by atoms with E-state index in [4.69, 9.17) is 11.6 Å². The Labute approximate surface area is 146 Å². The highest BCUT2D eigenvalue weighted by molar-refractivity contribution is 7.84. The first-order valence-electron chi connectivity index (χ1n) is 7.44. The van der Waals surface area contributed by atoms with Crippen LogP contribution in [0.3, 0.4) is 0 Å². The molecule has 1 heterocycles. The Hall–Kier alpha value is -1.70. The van der Waals surface area contributed by atoms with Crippen LogP contribution in [0, 0.1) is 16.7 Å². The average molecular weight is 345 g/mol. The molecule has 0 amide bonds. The Morgan fingerprint density at radius 3 is 2.57 bits per heavy atom. The molecule has 23 heavy (non-hydrogen) atoms. The van der Waals surface area contributed by atoms with Crippen LogP contribution in [0.1, 0.15) is 38.2 Å². The van der Waals surface area contributed by atoms with Gasteiger partial charge < -0.3 is 5.32 Å². The van der Waals surface area contributed by atoms with Gasteiger partial charge in [0.05, 0.1) is 22.6 Å². The van der Waals surface area contributed by atoms with Crippen molar-refractivity contribution in [1.29, 1.82) is 5.26 Å². The van der Waals surface area contributed by atoms with E-state index in [0.717, 1.165) is 17.7 Å². The summed E-state index contributed by atoms with van der Waals surface area (Å²) in [6.07, 6.45) is 1.25. The summed E-state index contributed by atoms with van der Waals surface area (Å²) in [6.45, 7) is 4.16. The lowest BCUT2D eigenvalue weighted by Gasteiger charge is -2.38. The van der Waals surface area contributed by atoms with Crippen molar-refractivity contribution in [2.24, 2.45) is 5.41 Å². The van der Waals surface area contributed by atoms with Crippen molar-refractivity contribution in [2.75, 3.05) is 0 Å². The van der Waals surface area contributed by atoms with E-state index in [2.05, 4.69) is 37.9 Å². The topological polar surface area (TPSA) is 52.9 Å². The van der Waals surface area contributed by atoms with Gasteiger partial charge in [-0.25, -0.2) is 0 Å². The largest absolute Gasteiger partial charge is 0.353 e. The van der Waals surface area contributed by atoms with Gasteiger partial charge in [0, 0.05) is 22.7 Å². The molecule has 3 rings (SSSR count). The van der Waals surface area contributed by atoms with Crippen LogP contribution < -0.4 is 5.32 Å². The SMILES string of the molecule is CC1(C)CC(=O)C2=C(C1)NC(S)=C(C#N)C2c1ccc(Cl)cc1. The maximum Gasteiger partial charge on any atom is 0.162 e. The molecule has 0 bridgehead atoms. The number of nitrogens with one attached hydrogen (secondary N) is 1. The molecule has 1 N–H and O–H groups in total. The Morgan fingerprint density at radius 1 is 1.30 bits per heavy atom. The molecule has 5 heteroatoms. The first-order valence-corrected chi connectivity index (χ1v) is 8.27. The summed E-state index contributed by atoms with van der Waals surface area (Å²) in [6, 6.07) is 9.51. The van der Waals surface area contributed by atoms with E-state index in [1.807, 2.05) is 12.1 Å². The first-order chi connectivity index (χ1) is 10.8. The summed E-state index contributed by atoms with van der Waals surface area (Å²) >= 11 is 10.4. The van der Waals surface area contributed by atoms with Crippen LogP contribution in [0.2, 0.25) is 5.02 Å². The summed E-state index contributed by atoms with van der Waals surface area (Å²) in [4.78, 5) is 12.8. The normalized spacial score (nSPS) is 23.3. The van der Waals surface area contributed by atoms with Crippen LogP contribution in [-0.2, 0) is 4.79 Å². The van der Waals surface area contributed by atoms with E-state index < -0.39 is 0 Å². The second-order valence-electron chi connectivity index (χ2n) is 6.82. The highest BCUT2D eigenvalue weighted by Crippen LogP contribution is 2.46. The number of thiol groups is 1. The maximum atomic E-state index is 12.8. The second kappa shape index (κ2) is 5.74. The smallest absolute Gasteiger partial charge is 0.162 e. The molecule has 0 saturated heterocycles. The number of carbonyl (C=O) groups excluding carboxylic acids is 1. The van der Waals surface area contributed by atoms with E-state index in [-0.39, 0.29) is 17.1 Å². The van der Waals surface area contributed by atoms with Crippen molar-refractivity contribution < 1.29 is 4.79 Å². The molecule has 0 radical (unpaired) electrons. The van der Waals surface area contributed by atoms with Crippen LogP contribution in [-0.4, -0.2) is 5.78 Å². The van der Waals surface area contributed by atoms with Gasteiger partial charge in [0.15, 0.2) is 5.78 Å². The lowest BCUT2D eigenvalue weighted by Crippen LogP contribution is -2.36. The maximum absolute atomic E-state index is 12.8. The number of dihydropyridines is 1. The lowest BCUT2D eigenvalue weighted by atomic mass is 9.69. The minimum Gasteiger partial charge on any atom is -0.353 e. The first kappa shape index (κ1) is 16.2. The van der Waals surface area contributed by atoms with Crippen molar-refractivity contribution in [1.82, 2.24) is 5.32 Å². The predicted octanol–water partition coefficient (Wildman–Crippen LogP) is 4.33. The fraction of sp³-hybridized carbons (Fsp3) is 0.333. The van der Waals surface area contributed by atoms with Crippen molar-refractivity contribution in [2.45, 2.75) is 32.6 Å². The molecule has 1 unspecified atom stereocenters. The summed E-state index contributed by atoms with van der Waals surface area (Å²) in [5.74, 6) is -0.276. The summed E-state index contributed by atoms with van der Waals surface area (Å²) in [7, 11) is 0. The van der Waals surface area contributed by atoms with Gasteiger partial charge in [-0.2, -0.15) is 5.26 Å². The lowest BCUT2D eigenvalue weighted by molar-refractivity contribution is -0.118. The van der Waals surface area contributed by atoms with Crippen LogP contribution in [0.25, 0.3) is 0 Å². The minimum atomic E-state index is -0.371. The fourth-order valence-corrected chi connectivity index (χ4v) is 3.82. The number of allylic oxidation sites excluding steroid dienone is 3. The van der Waals surface area contributed by atoms with Crippen molar-refractivity contribution in [3.05, 3.63) is 56.7 Å². The Kier molecular flexibility index (Phi) is 4.03. The van der Waals surface area contributed by atoms with E-state index in [1.54, 1.807) is 12.1 Å². The molecular weight excluding hydrogens is 328 g/mol. The van der Waals surface area contributed by atoms with Crippen LogP contribution >= 0.6 is 24.2 Å². The molecule has 2 aliphatic rings. The summed E-state index contributed by atoms with van der Waals surface area (Å²) in [5, 5.41) is 13.9. The third-order valence-electron chi connectivity index (χ3n) is 4.35. The Balaban J connectivity index is 2.17. The van der Waals surface area contributed by atoms with Gasteiger partial charge >= 0.3 is 0 Å².